The van der Waals surface area contributed by atoms with Crippen LogP contribution in [0, 0.1) is 13.8 Å². The Morgan fingerprint density at radius 3 is 2.71 bits per heavy atom. The van der Waals surface area contributed by atoms with Gasteiger partial charge < -0.3 is 15.0 Å². The molecule has 1 aliphatic rings. The largest absolute Gasteiger partial charge is 0.465 e. The van der Waals surface area contributed by atoms with E-state index in [0.29, 0.717) is 22.8 Å². The average Bonchev–Trinajstić information content (AvgIpc) is 3.13. The number of thiophene rings is 1. The molecule has 0 radical (unpaired) electrons. The summed E-state index contributed by atoms with van der Waals surface area (Å²) in [5.41, 5.74) is 1.50. The minimum atomic E-state index is -0.352. The molecule has 1 unspecified atom stereocenters. The highest BCUT2D eigenvalue weighted by Crippen LogP contribution is 2.37. The van der Waals surface area contributed by atoms with Crippen LogP contribution in [-0.4, -0.2) is 48.1 Å². The van der Waals surface area contributed by atoms with Gasteiger partial charge in [0.1, 0.15) is 21.3 Å². The Labute approximate surface area is 185 Å². The molecule has 4 rings (SSSR count). The van der Waals surface area contributed by atoms with Crippen molar-refractivity contribution in [3.05, 3.63) is 52.2 Å². The normalized spacial score (nSPS) is 16.4. The van der Waals surface area contributed by atoms with Crippen molar-refractivity contribution in [1.82, 2.24) is 15.3 Å². The van der Waals surface area contributed by atoms with E-state index in [1.807, 2.05) is 44.2 Å². The van der Waals surface area contributed by atoms with Crippen molar-refractivity contribution < 1.29 is 14.3 Å². The van der Waals surface area contributed by atoms with Crippen LogP contribution in [0.3, 0.4) is 0 Å². The van der Waals surface area contributed by atoms with Crippen LogP contribution in [0.5, 0.6) is 0 Å². The minimum Gasteiger partial charge on any atom is -0.465 e. The summed E-state index contributed by atoms with van der Waals surface area (Å²) < 4.78 is 4.95. The molecule has 1 fully saturated rings. The maximum absolute atomic E-state index is 12.6. The lowest BCUT2D eigenvalue weighted by atomic mass is 10.0. The Morgan fingerprint density at radius 2 is 1.97 bits per heavy atom. The first-order valence-corrected chi connectivity index (χ1v) is 11.3. The second-order valence-corrected chi connectivity index (χ2v) is 8.74. The molecule has 2 aromatic heterocycles. The summed E-state index contributed by atoms with van der Waals surface area (Å²) in [7, 11) is 1.39. The summed E-state index contributed by atoms with van der Waals surface area (Å²) >= 11 is 1.34. The first-order valence-electron chi connectivity index (χ1n) is 10.5. The molecule has 1 aromatic carbocycles. The maximum Gasteiger partial charge on any atom is 0.348 e. The van der Waals surface area contributed by atoms with Gasteiger partial charge in [-0.25, -0.2) is 14.8 Å². The number of rotatable bonds is 5. The zero-order valence-corrected chi connectivity index (χ0v) is 18.8. The smallest absolute Gasteiger partial charge is 0.348 e. The molecule has 162 valence electrons. The van der Waals surface area contributed by atoms with Crippen LogP contribution < -0.4 is 10.2 Å². The molecule has 3 heterocycles. The van der Waals surface area contributed by atoms with Crippen molar-refractivity contribution in [3.63, 3.8) is 0 Å². The Hall–Kier alpha value is -3.00. The number of carbonyl (C=O) groups is 2. The predicted molar refractivity (Wildman–Crippen MR) is 122 cm³/mol. The number of esters is 1. The van der Waals surface area contributed by atoms with E-state index < -0.39 is 0 Å². The lowest BCUT2D eigenvalue weighted by molar-refractivity contribution is 0.0605. The highest BCUT2D eigenvalue weighted by molar-refractivity contribution is 7.20. The van der Waals surface area contributed by atoms with Crippen LogP contribution in [-0.2, 0) is 4.74 Å². The van der Waals surface area contributed by atoms with Crippen molar-refractivity contribution in [1.29, 1.82) is 0 Å². The van der Waals surface area contributed by atoms with Crippen molar-refractivity contribution in [3.8, 4) is 0 Å². The van der Waals surface area contributed by atoms with Crippen LogP contribution in [0.2, 0.25) is 0 Å². The zero-order chi connectivity index (χ0) is 22.0. The van der Waals surface area contributed by atoms with Gasteiger partial charge in [0, 0.05) is 24.7 Å². The summed E-state index contributed by atoms with van der Waals surface area (Å²) in [6, 6.07) is 9.37. The van der Waals surface area contributed by atoms with E-state index >= 15 is 0 Å². The van der Waals surface area contributed by atoms with Gasteiger partial charge in [0.15, 0.2) is 0 Å². The maximum atomic E-state index is 12.6. The summed E-state index contributed by atoms with van der Waals surface area (Å²) in [5, 5.41) is 3.98. The Kier molecular flexibility index (Phi) is 6.18. The van der Waals surface area contributed by atoms with Gasteiger partial charge in [0.05, 0.1) is 12.5 Å². The molecule has 1 atom stereocenters. The number of anilines is 1. The number of nitrogens with one attached hydrogen (secondary N) is 1. The fourth-order valence-corrected chi connectivity index (χ4v) is 5.25. The molecule has 0 saturated carbocycles. The van der Waals surface area contributed by atoms with Gasteiger partial charge in [0.2, 0.25) is 0 Å². The topological polar surface area (TPSA) is 84.4 Å². The first kappa shape index (κ1) is 21.2. The third-order valence-electron chi connectivity index (χ3n) is 5.69. The number of methoxy groups -OCH3 is 1. The van der Waals surface area contributed by atoms with Crippen LogP contribution in [0.15, 0.2) is 30.3 Å². The average molecular weight is 439 g/mol. The van der Waals surface area contributed by atoms with Crippen LogP contribution >= 0.6 is 11.3 Å². The number of nitrogens with zero attached hydrogens (tertiary/aromatic N) is 3. The molecule has 1 N–H and O–H groups in total. The van der Waals surface area contributed by atoms with Crippen molar-refractivity contribution in [2.24, 2.45) is 0 Å². The SMILES string of the molecule is COC(=O)c1sc2nc(C)nc(N3CCCCC3CNC(=O)c3ccccc3)c2c1C. The van der Waals surface area contributed by atoms with E-state index in [2.05, 4.69) is 15.2 Å². The van der Waals surface area contributed by atoms with Crippen molar-refractivity contribution in [2.75, 3.05) is 25.1 Å². The Balaban J connectivity index is 1.65. The highest BCUT2D eigenvalue weighted by atomic mass is 32.1. The van der Waals surface area contributed by atoms with Gasteiger partial charge >= 0.3 is 5.97 Å². The number of fused-ring (bicyclic) bond motifs is 1. The van der Waals surface area contributed by atoms with E-state index in [1.54, 1.807) is 0 Å². The summed E-state index contributed by atoms with van der Waals surface area (Å²) in [6.07, 6.45) is 3.12. The molecule has 0 spiro atoms. The second-order valence-electron chi connectivity index (χ2n) is 7.74. The Bertz CT molecular complexity index is 1110. The number of aromatic nitrogens is 2. The van der Waals surface area contributed by atoms with Crippen molar-refractivity contribution >= 4 is 39.2 Å². The lowest BCUT2D eigenvalue weighted by Gasteiger charge is -2.37. The van der Waals surface area contributed by atoms with E-state index in [9.17, 15) is 9.59 Å². The van der Waals surface area contributed by atoms with Gasteiger partial charge in [-0.05, 0) is 50.8 Å². The number of piperidine rings is 1. The van der Waals surface area contributed by atoms with E-state index in [4.69, 9.17) is 9.72 Å². The summed E-state index contributed by atoms with van der Waals surface area (Å²) in [4.78, 5) is 37.8. The molecule has 31 heavy (non-hydrogen) atoms. The van der Waals surface area contributed by atoms with E-state index in [-0.39, 0.29) is 17.9 Å². The second kappa shape index (κ2) is 9.01. The molecule has 7 nitrogen and oxygen atoms in total. The Morgan fingerprint density at radius 1 is 1.19 bits per heavy atom. The fraction of sp³-hybridized carbons (Fsp3) is 0.391. The number of aryl methyl sites for hydroxylation is 2. The van der Waals surface area contributed by atoms with Crippen molar-refractivity contribution in [2.45, 2.75) is 39.2 Å². The van der Waals surface area contributed by atoms with Gasteiger partial charge in [0.25, 0.3) is 5.91 Å². The van der Waals surface area contributed by atoms with Crippen LogP contribution in [0.4, 0.5) is 5.82 Å². The summed E-state index contributed by atoms with van der Waals surface area (Å²) in [6.45, 7) is 5.17. The van der Waals surface area contributed by atoms with Gasteiger partial charge in [-0.3, -0.25) is 4.79 Å². The molecule has 0 bridgehead atoms. The van der Waals surface area contributed by atoms with Gasteiger partial charge in [-0.15, -0.1) is 11.3 Å². The molecule has 1 saturated heterocycles. The number of ether oxygens (including phenoxy) is 1. The number of benzene rings is 1. The van der Waals surface area contributed by atoms with Gasteiger partial charge in [-0.2, -0.15) is 0 Å². The molecule has 1 aliphatic heterocycles. The molecule has 0 aliphatic carbocycles. The third kappa shape index (κ3) is 4.25. The number of hydrogen-bond acceptors (Lipinski definition) is 7. The van der Waals surface area contributed by atoms with Gasteiger partial charge in [-0.1, -0.05) is 18.2 Å². The molecule has 1 amide bonds. The van der Waals surface area contributed by atoms with Crippen LogP contribution in [0.25, 0.3) is 10.2 Å². The standard InChI is InChI=1S/C23H26N4O3S/c1-14-18-20(25-15(2)26-22(18)31-19(14)23(29)30-3)27-12-8-7-11-17(27)13-24-21(28)16-9-5-4-6-10-16/h4-6,9-10,17H,7-8,11-13H2,1-3H3,(H,24,28). The lowest BCUT2D eigenvalue weighted by Crippen LogP contribution is -2.47. The molecular formula is C23H26N4O3S. The van der Waals surface area contributed by atoms with E-state index in [1.165, 1.54) is 18.4 Å². The molecule has 3 aromatic rings. The quantitative estimate of drug-likeness (QED) is 0.609. The number of amides is 1. The van der Waals surface area contributed by atoms with E-state index in [0.717, 1.165) is 47.4 Å². The fourth-order valence-electron chi connectivity index (χ4n) is 4.11. The number of hydrogen-bond donors (Lipinski definition) is 1. The predicted octanol–water partition coefficient (Wildman–Crippen LogP) is 3.88. The molecule has 8 heteroatoms. The highest BCUT2D eigenvalue weighted by Gasteiger charge is 2.29. The molecular weight excluding hydrogens is 412 g/mol. The third-order valence-corrected chi connectivity index (χ3v) is 6.85. The number of carbonyl (C=O) groups excluding carboxylic acids is 2. The van der Waals surface area contributed by atoms with Crippen LogP contribution in [0.1, 0.15) is 50.7 Å². The summed E-state index contributed by atoms with van der Waals surface area (Å²) in [5.74, 6) is 1.08. The zero-order valence-electron chi connectivity index (χ0n) is 18.0. The minimum absolute atomic E-state index is 0.0742. The first-order chi connectivity index (χ1) is 15.0. The monoisotopic (exact) mass is 438 g/mol.